The van der Waals surface area contributed by atoms with E-state index in [9.17, 15) is 10.1 Å². The minimum absolute atomic E-state index is 0.127. The lowest BCUT2D eigenvalue weighted by Crippen LogP contribution is -2.29. The van der Waals surface area contributed by atoms with Crippen LogP contribution in [0.1, 0.15) is 18.5 Å². The Kier molecular flexibility index (Phi) is 3.73. The third-order valence-electron chi connectivity index (χ3n) is 5.36. The van der Waals surface area contributed by atoms with Crippen molar-refractivity contribution in [3.8, 4) is 0 Å². The van der Waals surface area contributed by atoms with Gasteiger partial charge in [-0.15, -0.1) is 0 Å². The standard InChI is InChI=1S/C17H19BrN4O2/c1-11-15(18)14-12(3-2-4-13(14)22(23)24)16(20-11)21-8-6-17(10-21)5-7-19-9-17/h2-4,19H,5-10H2,1H3. The number of nitrogens with one attached hydrogen (secondary N) is 1. The number of aromatic nitrogens is 1. The van der Waals surface area contributed by atoms with E-state index in [1.54, 1.807) is 12.1 Å². The van der Waals surface area contributed by atoms with E-state index in [2.05, 4.69) is 26.1 Å². The Labute approximate surface area is 148 Å². The molecule has 2 aliphatic heterocycles. The summed E-state index contributed by atoms with van der Waals surface area (Å²) in [6, 6.07) is 5.24. The minimum atomic E-state index is -0.317. The number of non-ortho nitro benzene ring substituents is 1. The van der Waals surface area contributed by atoms with Crippen LogP contribution >= 0.6 is 15.9 Å². The number of nitrogens with zero attached hydrogens (tertiary/aromatic N) is 3. The molecule has 0 bridgehead atoms. The van der Waals surface area contributed by atoms with Crippen LogP contribution in [0.5, 0.6) is 0 Å². The summed E-state index contributed by atoms with van der Waals surface area (Å²) in [6.07, 6.45) is 2.34. The lowest BCUT2D eigenvalue weighted by molar-refractivity contribution is -0.383. The van der Waals surface area contributed by atoms with E-state index in [0.717, 1.165) is 49.5 Å². The maximum Gasteiger partial charge on any atom is 0.278 e. The zero-order valence-corrected chi connectivity index (χ0v) is 15.1. The van der Waals surface area contributed by atoms with E-state index in [-0.39, 0.29) is 10.6 Å². The Bertz CT molecular complexity index is 833. The molecule has 2 fully saturated rings. The van der Waals surface area contributed by atoms with E-state index in [1.165, 1.54) is 6.42 Å². The SMILES string of the molecule is Cc1nc(N2CCC3(CCNC3)C2)c2cccc([N+](=O)[O-])c2c1Br. The zero-order valence-electron chi connectivity index (χ0n) is 13.5. The van der Waals surface area contributed by atoms with Crippen molar-refractivity contribution in [2.75, 3.05) is 31.1 Å². The predicted octanol–water partition coefficient (Wildman–Crippen LogP) is 3.40. The van der Waals surface area contributed by atoms with Gasteiger partial charge in [-0.05, 0) is 42.2 Å². The number of pyridine rings is 1. The summed E-state index contributed by atoms with van der Waals surface area (Å²) < 4.78 is 0.713. The van der Waals surface area contributed by atoms with Crippen LogP contribution in [0.25, 0.3) is 10.8 Å². The van der Waals surface area contributed by atoms with Gasteiger partial charge in [-0.25, -0.2) is 4.98 Å². The second-order valence-corrected chi connectivity index (χ2v) is 7.68. The second kappa shape index (κ2) is 5.67. The molecule has 2 aromatic rings. The molecule has 126 valence electrons. The summed E-state index contributed by atoms with van der Waals surface area (Å²) >= 11 is 3.51. The lowest BCUT2D eigenvalue weighted by Gasteiger charge is -2.25. The van der Waals surface area contributed by atoms with Crippen molar-refractivity contribution in [3.05, 3.63) is 38.5 Å². The quantitative estimate of drug-likeness (QED) is 0.628. The van der Waals surface area contributed by atoms with E-state index in [4.69, 9.17) is 4.98 Å². The molecule has 1 N–H and O–H groups in total. The fourth-order valence-corrected chi connectivity index (χ4v) is 4.56. The molecule has 3 heterocycles. The van der Waals surface area contributed by atoms with Crippen LogP contribution < -0.4 is 10.2 Å². The Hall–Kier alpha value is -1.73. The topological polar surface area (TPSA) is 71.3 Å². The molecule has 4 rings (SSSR count). The van der Waals surface area contributed by atoms with Gasteiger partial charge in [-0.2, -0.15) is 0 Å². The van der Waals surface area contributed by atoms with Gasteiger partial charge in [0.05, 0.1) is 20.5 Å². The number of fused-ring (bicyclic) bond motifs is 1. The van der Waals surface area contributed by atoms with E-state index < -0.39 is 0 Å². The summed E-state index contributed by atoms with van der Waals surface area (Å²) in [7, 11) is 0. The number of rotatable bonds is 2. The molecule has 2 aliphatic rings. The van der Waals surface area contributed by atoms with Crippen LogP contribution in [0, 0.1) is 22.5 Å². The van der Waals surface area contributed by atoms with Crippen LogP contribution in [-0.2, 0) is 0 Å². The first-order valence-electron chi connectivity index (χ1n) is 8.20. The minimum Gasteiger partial charge on any atom is -0.355 e. The fourth-order valence-electron chi connectivity index (χ4n) is 4.06. The average molecular weight is 391 g/mol. The van der Waals surface area contributed by atoms with Gasteiger partial charge < -0.3 is 10.2 Å². The molecule has 1 unspecified atom stereocenters. The van der Waals surface area contributed by atoms with Gasteiger partial charge in [-0.1, -0.05) is 12.1 Å². The van der Waals surface area contributed by atoms with Gasteiger partial charge in [0.2, 0.25) is 0 Å². The molecule has 6 nitrogen and oxygen atoms in total. The highest BCUT2D eigenvalue weighted by molar-refractivity contribution is 9.10. The zero-order chi connectivity index (χ0) is 16.9. The molecule has 2 saturated heterocycles. The third kappa shape index (κ3) is 2.38. The van der Waals surface area contributed by atoms with E-state index in [1.807, 2.05) is 13.0 Å². The van der Waals surface area contributed by atoms with Crippen molar-refractivity contribution in [2.45, 2.75) is 19.8 Å². The first-order valence-corrected chi connectivity index (χ1v) is 8.99. The fraction of sp³-hybridized carbons (Fsp3) is 0.471. The number of benzene rings is 1. The summed E-state index contributed by atoms with van der Waals surface area (Å²) in [5, 5.41) is 16.4. The Balaban J connectivity index is 1.86. The molecule has 1 spiro atoms. The molecule has 0 aliphatic carbocycles. The van der Waals surface area contributed by atoms with Crippen LogP contribution in [0.15, 0.2) is 22.7 Å². The molecule has 24 heavy (non-hydrogen) atoms. The number of aryl methyl sites for hydroxylation is 1. The molecule has 1 aromatic carbocycles. The van der Waals surface area contributed by atoms with Crippen molar-refractivity contribution in [2.24, 2.45) is 5.41 Å². The molecular weight excluding hydrogens is 372 g/mol. The van der Waals surface area contributed by atoms with Gasteiger partial charge in [0.1, 0.15) is 5.82 Å². The monoisotopic (exact) mass is 390 g/mol. The number of nitro benzene ring substituents is 1. The van der Waals surface area contributed by atoms with Crippen LogP contribution in [0.4, 0.5) is 11.5 Å². The predicted molar refractivity (Wildman–Crippen MR) is 97.6 cm³/mol. The van der Waals surface area contributed by atoms with Crippen LogP contribution in [-0.4, -0.2) is 36.1 Å². The summed E-state index contributed by atoms with van der Waals surface area (Å²) in [4.78, 5) is 18.2. The van der Waals surface area contributed by atoms with Gasteiger partial charge in [0, 0.05) is 36.5 Å². The first kappa shape index (κ1) is 15.8. The van der Waals surface area contributed by atoms with Gasteiger partial charge >= 0.3 is 0 Å². The average Bonchev–Trinajstić information content (AvgIpc) is 3.20. The number of anilines is 1. The van der Waals surface area contributed by atoms with Crippen LogP contribution in [0.3, 0.4) is 0 Å². The highest BCUT2D eigenvalue weighted by Gasteiger charge is 2.41. The first-order chi connectivity index (χ1) is 11.5. The van der Waals surface area contributed by atoms with Crippen molar-refractivity contribution in [1.82, 2.24) is 10.3 Å². The van der Waals surface area contributed by atoms with Gasteiger partial charge in [0.25, 0.3) is 5.69 Å². The highest BCUT2D eigenvalue weighted by atomic mass is 79.9. The van der Waals surface area contributed by atoms with Gasteiger partial charge in [-0.3, -0.25) is 10.1 Å². The van der Waals surface area contributed by atoms with Crippen LogP contribution in [0.2, 0.25) is 0 Å². The lowest BCUT2D eigenvalue weighted by atomic mass is 9.86. The van der Waals surface area contributed by atoms with E-state index in [0.29, 0.717) is 15.3 Å². The summed E-state index contributed by atoms with van der Waals surface area (Å²) in [5.41, 5.74) is 1.25. The summed E-state index contributed by atoms with van der Waals surface area (Å²) in [6.45, 7) is 5.94. The largest absolute Gasteiger partial charge is 0.355 e. The third-order valence-corrected chi connectivity index (χ3v) is 6.33. The number of hydrogen-bond donors (Lipinski definition) is 1. The van der Waals surface area contributed by atoms with Crippen molar-refractivity contribution in [3.63, 3.8) is 0 Å². The Morgan fingerprint density at radius 2 is 2.25 bits per heavy atom. The smallest absolute Gasteiger partial charge is 0.278 e. The summed E-state index contributed by atoms with van der Waals surface area (Å²) in [5.74, 6) is 0.873. The van der Waals surface area contributed by atoms with Crippen molar-refractivity contribution >= 4 is 38.2 Å². The number of halogens is 1. The normalized spacial score (nSPS) is 23.5. The van der Waals surface area contributed by atoms with Crippen molar-refractivity contribution < 1.29 is 4.92 Å². The van der Waals surface area contributed by atoms with Crippen molar-refractivity contribution in [1.29, 1.82) is 0 Å². The highest BCUT2D eigenvalue weighted by Crippen LogP contribution is 2.42. The maximum atomic E-state index is 11.5. The molecule has 1 atom stereocenters. The van der Waals surface area contributed by atoms with Gasteiger partial charge in [0.15, 0.2) is 0 Å². The number of hydrogen-bond acceptors (Lipinski definition) is 5. The number of nitro groups is 1. The Morgan fingerprint density at radius 3 is 2.96 bits per heavy atom. The molecular formula is C17H19BrN4O2. The maximum absolute atomic E-state index is 11.5. The molecule has 0 radical (unpaired) electrons. The Morgan fingerprint density at radius 1 is 1.42 bits per heavy atom. The second-order valence-electron chi connectivity index (χ2n) is 6.89. The molecule has 0 saturated carbocycles. The molecule has 1 aromatic heterocycles. The van der Waals surface area contributed by atoms with E-state index >= 15 is 0 Å². The molecule has 0 amide bonds. The molecule has 7 heteroatoms.